The van der Waals surface area contributed by atoms with Crippen molar-refractivity contribution in [2.24, 2.45) is 5.73 Å². The van der Waals surface area contributed by atoms with Crippen molar-refractivity contribution in [3.05, 3.63) is 0 Å². The van der Waals surface area contributed by atoms with E-state index in [0.717, 1.165) is 0 Å². The highest BCUT2D eigenvalue weighted by molar-refractivity contribution is 8.03. The van der Waals surface area contributed by atoms with Crippen LogP contribution in [0, 0.1) is 10.7 Å². The van der Waals surface area contributed by atoms with Crippen LogP contribution in [0.4, 0.5) is 0 Å². The second kappa shape index (κ2) is 14.6. The minimum atomic E-state index is -1.28. The minimum absolute atomic E-state index is 0.147. The number of hydrogen-bond acceptors (Lipinski definition) is 9. The van der Waals surface area contributed by atoms with Crippen molar-refractivity contribution >= 4 is 47.3 Å². The molecule has 0 rings (SSSR count). The number of carbonyl (C=O) groups excluding carboxylic acids is 5. The van der Waals surface area contributed by atoms with Crippen LogP contribution in [0.25, 0.3) is 0 Å². The van der Waals surface area contributed by atoms with Gasteiger partial charge in [0.15, 0.2) is 0 Å². The molecule has 0 bridgehead atoms. The van der Waals surface area contributed by atoms with E-state index in [1.807, 2.05) is 0 Å². The molecular weight excluding hydrogens is 458 g/mol. The SMILES string of the molecule is C[C@H](N)C(=O)N[C@@H](C)C(=O)N[C@@H](C)C(=O)NCC(=O)N[C@@H](CSC#N)C(=O)N[C@@H](C)C(=O)O. The van der Waals surface area contributed by atoms with Gasteiger partial charge in [-0.05, 0) is 39.5 Å². The molecule has 0 unspecified atom stereocenters. The first kappa shape index (κ1) is 29.6. The smallest absolute Gasteiger partial charge is 0.325 e. The van der Waals surface area contributed by atoms with E-state index in [2.05, 4.69) is 26.6 Å². The van der Waals surface area contributed by atoms with Crippen LogP contribution in [-0.4, -0.2) is 83.1 Å². The molecule has 33 heavy (non-hydrogen) atoms. The van der Waals surface area contributed by atoms with Crippen LogP contribution in [-0.2, 0) is 28.8 Å². The monoisotopic (exact) mass is 487 g/mol. The number of rotatable bonds is 13. The molecule has 0 aromatic rings. The maximum Gasteiger partial charge on any atom is 0.325 e. The topological polar surface area (TPSA) is 233 Å². The largest absolute Gasteiger partial charge is 0.480 e. The number of carboxylic acids is 1. The lowest BCUT2D eigenvalue weighted by Crippen LogP contribution is -2.55. The molecule has 0 saturated heterocycles. The first-order valence-electron chi connectivity index (χ1n) is 9.77. The molecule has 0 saturated carbocycles. The van der Waals surface area contributed by atoms with Crippen molar-refractivity contribution in [3.63, 3.8) is 0 Å². The van der Waals surface area contributed by atoms with Crippen LogP contribution in [0.5, 0.6) is 0 Å². The second-order valence-electron chi connectivity index (χ2n) is 7.06. The highest BCUT2D eigenvalue weighted by atomic mass is 32.2. The van der Waals surface area contributed by atoms with Crippen LogP contribution in [0.2, 0.25) is 0 Å². The number of nitrogens with zero attached hydrogens (tertiary/aromatic N) is 1. The summed E-state index contributed by atoms with van der Waals surface area (Å²) in [6.07, 6.45) is 0. The van der Waals surface area contributed by atoms with E-state index in [0.29, 0.717) is 11.8 Å². The summed E-state index contributed by atoms with van der Waals surface area (Å²) >= 11 is 0.677. The highest BCUT2D eigenvalue weighted by Crippen LogP contribution is 2.01. The zero-order chi connectivity index (χ0) is 25.7. The van der Waals surface area contributed by atoms with Crippen molar-refractivity contribution in [3.8, 4) is 5.40 Å². The highest BCUT2D eigenvalue weighted by Gasteiger charge is 2.25. The summed E-state index contributed by atoms with van der Waals surface area (Å²) in [6, 6.07) is -5.25. The van der Waals surface area contributed by atoms with Gasteiger partial charge in [0, 0.05) is 5.75 Å². The molecule has 0 aliphatic heterocycles. The Balaban J connectivity index is 4.73. The minimum Gasteiger partial charge on any atom is -0.480 e. The van der Waals surface area contributed by atoms with Crippen molar-refractivity contribution in [2.75, 3.05) is 12.3 Å². The number of carbonyl (C=O) groups is 6. The summed E-state index contributed by atoms with van der Waals surface area (Å²) in [4.78, 5) is 70.9. The maximum absolute atomic E-state index is 12.2. The number of nitrogens with one attached hydrogen (secondary N) is 5. The molecule has 0 aromatic carbocycles. The van der Waals surface area contributed by atoms with E-state index in [-0.39, 0.29) is 5.75 Å². The zero-order valence-electron chi connectivity index (χ0n) is 18.6. The van der Waals surface area contributed by atoms with Crippen LogP contribution in [0.15, 0.2) is 0 Å². The molecule has 0 aromatic heterocycles. The third-order valence-corrected chi connectivity index (χ3v) is 4.67. The van der Waals surface area contributed by atoms with Gasteiger partial charge in [-0.3, -0.25) is 28.8 Å². The van der Waals surface area contributed by atoms with Crippen molar-refractivity contribution < 1.29 is 33.9 Å². The van der Waals surface area contributed by atoms with Crippen molar-refractivity contribution in [1.29, 1.82) is 5.26 Å². The molecule has 5 amide bonds. The predicted molar refractivity (Wildman–Crippen MR) is 117 cm³/mol. The predicted octanol–water partition coefficient (Wildman–Crippen LogP) is -3.25. The molecule has 0 spiro atoms. The van der Waals surface area contributed by atoms with Crippen LogP contribution in [0.1, 0.15) is 27.7 Å². The Morgan fingerprint density at radius 3 is 1.88 bits per heavy atom. The molecular formula is C18H29N7O7S. The molecule has 5 atom stereocenters. The molecule has 0 radical (unpaired) electrons. The lowest BCUT2D eigenvalue weighted by Gasteiger charge is -2.20. The number of aliphatic carboxylic acids is 1. The van der Waals surface area contributed by atoms with Crippen LogP contribution in [0.3, 0.4) is 0 Å². The Bertz CT molecular complexity index is 800. The Labute approximate surface area is 194 Å². The quantitative estimate of drug-likeness (QED) is 0.128. The van der Waals surface area contributed by atoms with Gasteiger partial charge in [-0.1, -0.05) is 0 Å². The Morgan fingerprint density at radius 2 is 1.36 bits per heavy atom. The molecule has 0 aliphatic carbocycles. The van der Waals surface area contributed by atoms with E-state index < -0.39 is 72.3 Å². The van der Waals surface area contributed by atoms with E-state index in [9.17, 15) is 28.8 Å². The normalized spacial score (nSPS) is 14.8. The van der Waals surface area contributed by atoms with E-state index in [1.54, 1.807) is 5.40 Å². The first-order chi connectivity index (χ1) is 15.3. The maximum atomic E-state index is 12.2. The van der Waals surface area contributed by atoms with Crippen molar-refractivity contribution in [1.82, 2.24) is 26.6 Å². The van der Waals surface area contributed by atoms with Crippen molar-refractivity contribution in [2.45, 2.75) is 57.9 Å². The second-order valence-corrected chi connectivity index (χ2v) is 7.86. The summed E-state index contributed by atoms with van der Waals surface area (Å²) in [5, 5.41) is 30.8. The van der Waals surface area contributed by atoms with Gasteiger partial charge < -0.3 is 37.4 Å². The van der Waals surface area contributed by atoms with E-state index in [4.69, 9.17) is 16.1 Å². The lowest BCUT2D eigenvalue weighted by molar-refractivity contribution is -0.141. The van der Waals surface area contributed by atoms with Gasteiger partial charge in [0.1, 0.15) is 29.6 Å². The Hall–Kier alpha value is -3.38. The number of thioether (sulfide) groups is 1. The number of thiocyanates is 1. The average molecular weight is 488 g/mol. The first-order valence-corrected chi connectivity index (χ1v) is 10.8. The number of nitrogens with two attached hydrogens (primary N) is 1. The number of hydrogen-bond donors (Lipinski definition) is 7. The Kier molecular flexibility index (Phi) is 13.1. The molecule has 15 heteroatoms. The van der Waals surface area contributed by atoms with Gasteiger partial charge in [-0.25, -0.2) is 0 Å². The van der Waals surface area contributed by atoms with E-state index in [1.165, 1.54) is 27.7 Å². The van der Waals surface area contributed by atoms with Crippen LogP contribution < -0.4 is 32.3 Å². The molecule has 184 valence electrons. The van der Waals surface area contributed by atoms with E-state index >= 15 is 0 Å². The Morgan fingerprint density at radius 1 is 0.848 bits per heavy atom. The summed E-state index contributed by atoms with van der Waals surface area (Å²) in [6.45, 7) is 4.89. The third-order valence-electron chi connectivity index (χ3n) is 4.04. The summed E-state index contributed by atoms with van der Waals surface area (Å²) < 4.78 is 0. The fourth-order valence-electron chi connectivity index (χ4n) is 2.06. The summed E-state index contributed by atoms with van der Waals surface area (Å²) in [7, 11) is 0. The number of nitriles is 1. The summed E-state index contributed by atoms with van der Waals surface area (Å²) in [5.41, 5.74) is 5.40. The lowest BCUT2D eigenvalue weighted by atomic mass is 10.2. The van der Waals surface area contributed by atoms with Gasteiger partial charge in [0.2, 0.25) is 29.5 Å². The molecule has 14 nitrogen and oxygen atoms in total. The third kappa shape index (κ3) is 11.7. The van der Waals surface area contributed by atoms with Gasteiger partial charge in [0.05, 0.1) is 12.6 Å². The van der Waals surface area contributed by atoms with Gasteiger partial charge >= 0.3 is 5.97 Å². The molecule has 0 aliphatic rings. The number of carboxylic acid groups (broad SMARTS) is 1. The molecule has 0 heterocycles. The summed E-state index contributed by atoms with van der Waals surface area (Å²) in [5.74, 6) is -4.92. The average Bonchev–Trinajstić information content (AvgIpc) is 2.74. The molecule has 8 N–H and O–H groups in total. The van der Waals surface area contributed by atoms with Crippen LogP contribution >= 0.6 is 11.8 Å². The fourth-order valence-corrected chi connectivity index (χ4v) is 2.54. The number of amides is 5. The zero-order valence-corrected chi connectivity index (χ0v) is 19.4. The molecule has 0 fully saturated rings. The van der Waals surface area contributed by atoms with Gasteiger partial charge in [0.25, 0.3) is 0 Å². The fraction of sp³-hybridized carbons (Fsp3) is 0.611. The van der Waals surface area contributed by atoms with Gasteiger partial charge in [-0.15, -0.1) is 0 Å². The van der Waals surface area contributed by atoms with Gasteiger partial charge in [-0.2, -0.15) is 5.26 Å². The standard InChI is InChI=1S/C18H29N7O7S/c1-8(20)14(27)22-10(3)16(29)23-9(2)15(28)21-5-13(26)25-12(6-33-7-19)17(30)24-11(4)18(31)32/h8-12H,5-6,20H2,1-4H3,(H,21,28)(H,22,27)(H,23,29)(H,24,30)(H,25,26)(H,31,32)/t8-,9-,10-,11-,12-/m0/s1.